The van der Waals surface area contributed by atoms with E-state index in [1.165, 1.54) is 0 Å². The zero-order valence-electron chi connectivity index (χ0n) is 8.73. The lowest BCUT2D eigenvalue weighted by atomic mass is 10.7. The first-order valence-corrected chi connectivity index (χ1v) is 4.63. The molecular weight excluding hydrogens is 244 g/mol. The molecule has 10 heteroatoms. The molecule has 2 aromatic rings. The highest BCUT2D eigenvalue weighted by molar-refractivity contribution is 4.83. The Kier molecular flexibility index (Phi) is 2.83. The van der Waals surface area contributed by atoms with E-state index < -0.39 is 22.5 Å². The molecule has 2 aromatic heterocycles. The third-order valence-corrected chi connectivity index (χ3v) is 1.89. The standard InChI is InChI=1S/C8H6N6O4/c15-5-1-3-9-7(17)13(5)11-12-14-6(16)2-4-10-8(14)18/h1-4H,(H,9,17)(H,10,18). The van der Waals surface area contributed by atoms with Crippen molar-refractivity contribution in [2.75, 3.05) is 0 Å². The monoisotopic (exact) mass is 250 g/mol. The first kappa shape index (κ1) is 11.4. The molecule has 0 saturated heterocycles. The van der Waals surface area contributed by atoms with Gasteiger partial charge in [-0.3, -0.25) is 9.59 Å². The van der Waals surface area contributed by atoms with Crippen LogP contribution in [0.25, 0.3) is 0 Å². The SMILES string of the molecule is O=c1cc[nH]c(=O)n1N=Nn1c(=O)cc[nH]c1=O. The zero-order chi connectivity index (χ0) is 13.1. The smallest absolute Gasteiger partial charge is 0.312 e. The molecule has 0 aliphatic rings. The predicted molar refractivity (Wildman–Crippen MR) is 58.3 cm³/mol. The Balaban J connectivity index is 2.56. The fourth-order valence-electron chi connectivity index (χ4n) is 1.08. The van der Waals surface area contributed by atoms with E-state index in [1.54, 1.807) is 0 Å². The Morgan fingerprint density at radius 2 is 1.17 bits per heavy atom. The summed E-state index contributed by atoms with van der Waals surface area (Å²) in [7, 11) is 0. The first-order chi connectivity index (χ1) is 8.59. The Bertz CT molecular complexity index is 696. The van der Waals surface area contributed by atoms with Crippen LogP contribution < -0.4 is 22.5 Å². The van der Waals surface area contributed by atoms with Crippen molar-refractivity contribution in [1.82, 2.24) is 19.3 Å². The molecule has 92 valence electrons. The first-order valence-electron chi connectivity index (χ1n) is 4.63. The summed E-state index contributed by atoms with van der Waals surface area (Å²) >= 11 is 0. The fraction of sp³-hybridized carbons (Fsp3) is 0. The van der Waals surface area contributed by atoms with Gasteiger partial charge in [-0.15, -0.1) is 9.35 Å². The minimum Gasteiger partial charge on any atom is -0.312 e. The summed E-state index contributed by atoms with van der Waals surface area (Å²) < 4.78 is 0.748. The fourth-order valence-corrected chi connectivity index (χ4v) is 1.08. The van der Waals surface area contributed by atoms with Gasteiger partial charge in [0.2, 0.25) is 0 Å². The van der Waals surface area contributed by atoms with Crippen molar-refractivity contribution in [3.05, 3.63) is 66.2 Å². The molecule has 2 rings (SSSR count). The molecule has 0 spiro atoms. The molecule has 0 aromatic carbocycles. The van der Waals surface area contributed by atoms with Gasteiger partial charge in [0.1, 0.15) is 0 Å². The third-order valence-electron chi connectivity index (χ3n) is 1.89. The Labute approximate surface area is 96.8 Å². The maximum absolute atomic E-state index is 11.2. The van der Waals surface area contributed by atoms with Gasteiger partial charge in [-0.05, 0) is 10.4 Å². The number of nitrogens with zero attached hydrogens (tertiary/aromatic N) is 4. The molecule has 2 N–H and O–H groups in total. The second kappa shape index (κ2) is 4.45. The summed E-state index contributed by atoms with van der Waals surface area (Å²) in [4.78, 5) is 49.3. The maximum atomic E-state index is 11.2. The van der Waals surface area contributed by atoms with Crippen LogP contribution in [0.2, 0.25) is 0 Å². The summed E-state index contributed by atoms with van der Waals surface area (Å²) in [6.45, 7) is 0. The van der Waals surface area contributed by atoms with Gasteiger partial charge in [0.25, 0.3) is 11.1 Å². The summed E-state index contributed by atoms with van der Waals surface area (Å²) in [5.74, 6) is 0. The van der Waals surface area contributed by atoms with E-state index in [2.05, 4.69) is 20.4 Å². The average molecular weight is 250 g/mol. The van der Waals surface area contributed by atoms with Gasteiger partial charge in [0.05, 0.1) is 0 Å². The highest BCUT2D eigenvalue weighted by Crippen LogP contribution is 1.75. The van der Waals surface area contributed by atoms with Crippen LogP contribution in [0.5, 0.6) is 0 Å². The Hall–Kier alpha value is -3.04. The van der Waals surface area contributed by atoms with E-state index in [-0.39, 0.29) is 0 Å². The van der Waals surface area contributed by atoms with Crippen LogP contribution in [0.4, 0.5) is 0 Å². The number of aromatic nitrogens is 4. The lowest BCUT2D eigenvalue weighted by Crippen LogP contribution is -2.33. The minimum atomic E-state index is -0.841. The topological polar surface area (TPSA) is 134 Å². The van der Waals surface area contributed by atoms with E-state index in [4.69, 9.17) is 0 Å². The van der Waals surface area contributed by atoms with Gasteiger partial charge in [0, 0.05) is 24.5 Å². The van der Waals surface area contributed by atoms with Crippen molar-refractivity contribution in [3.8, 4) is 0 Å². The van der Waals surface area contributed by atoms with Crippen LogP contribution in [-0.4, -0.2) is 19.3 Å². The molecule has 0 radical (unpaired) electrons. The highest BCUT2D eigenvalue weighted by Gasteiger charge is 2.00. The second-order valence-corrected chi connectivity index (χ2v) is 3.04. The number of hydrogen-bond acceptors (Lipinski definition) is 6. The minimum absolute atomic E-state index is 0.374. The number of rotatable bonds is 2. The summed E-state index contributed by atoms with van der Waals surface area (Å²) in [6, 6.07) is 2.08. The largest absolute Gasteiger partial charge is 0.350 e. The molecule has 18 heavy (non-hydrogen) atoms. The van der Waals surface area contributed by atoms with Crippen LogP contribution in [0.15, 0.2) is 54.2 Å². The van der Waals surface area contributed by atoms with E-state index in [1.807, 2.05) is 0 Å². The molecule has 0 aliphatic heterocycles. The number of aromatic amines is 2. The second-order valence-electron chi connectivity index (χ2n) is 3.04. The lowest BCUT2D eigenvalue weighted by molar-refractivity contribution is 0.604. The van der Waals surface area contributed by atoms with Gasteiger partial charge in [-0.1, -0.05) is 0 Å². The van der Waals surface area contributed by atoms with Crippen LogP contribution in [0.3, 0.4) is 0 Å². The zero-order valence-corrected chi connectivity index (χ0v) is 8.73. The molecule has 0 fully saturated rings. The van der Waals surface area contributed by atoms with Crippen molar-refractivity contribution >= 4 is 0 Å². The predicted octanol–water partition coefficient (Wildman–Crippen LogP) is -1.93. The van der Waals surface area contributed by atoms with Crippen LogP contribution in [-0.2, 0) is 0 Å². The molecular formula is C8H6N6O4. The van der Waals surface area contributed by atoms with Crippen LogP contribution in [0, 0.1) is 0 Å². The molecule has 0 saturated carbocycles. The van der Waals surface area contributed by atoms with E-state index in [0.29, 0.717) is 9.35 Å². The van der Waals surface area contributed by atoms with E-state index >= 15 is 0 Å². The molecule has 0 aliphatic carbocycles. The molecule has 0 amide bonds. The van der Waals surface area contributed by atoms with Crippen molar-refractivity contribution in [2.45, 2.75) is 0 Å². The summed E-state index contributed by atoms with van der Waals surface area (Å²) in [5, 5.41) is 6.45. The molecule has 0 bridgehead atoms. The van der Waals surface area contributed by atoms with Gasteiger partial charge < -0.3 is 9.97 Å². The number of nitrogens with one attached hydrogen (secondary N) is 2. The molecule has 0 atom stereocenters. The molecule has 0 unspecified atom stereocenters. The number of H-pyrrole nitrogens is 2. The van der Waals surface area contributed by atoms with E-state index in [0.717, 1.165) is 24.5 Å². The quantitative estimate of drug-likeness (QED) is 0.599. The Morgan fingerprint density at radius 1 is 0.778 bits per heavy atom. The van der Waals surface area contributed by atoms with E-state index in [9.17, 15) is 19.2 Å². The average Bonchev–Trinajstić information content (AvgIpc) is 2.31. The highest BCUT2D eigenvalue weighted by atomic mass is 16.2. The van der Waals surface area contributed by atoms with Crippen molar-refractivity contribution in [2.24, 2.45) is 10.4 Å². The Morgan fingerprint density at radius 3 is 1.50 bits per heavy atom. The lowest BCUT2D eigenvalue weighted by Gasteiger charge is -1.94. The van der Waals surface area contributed by atoms with Gasteiger partial charge >= 0.3 is 11.4 Å². The normalized spacial score (nSPS) is 10.9. The summed E-state index contributed by atoms with van der Waals surface area (Å²) in [5.41, 5.74) is -3.18. The maximum Gasteiger partial charge on any atom is 0.350 e. The van der Waals surface area contributed by atoms with Crippen LogP contribution >= 0.6 is 0 Å². The summed E-state index contributed by atoms with van der Waals surface area (Å²) in [6.07, 6.45) is 2.27. The third kappa shape index (κ3) is 2.07. The van der Waals surface area contributed by atoms with Gasteiger partial charge in [-0.2, -0.15) is 0 Å². The molecule has 2 heterocycles. The number of hydrogen-bond donors (Lipinski definition) is 2. The van der Waals surface area contributed by atoms with Crippen molar-refractivity contribution < 1.29 is 0 Å². The van der Waals surface area contributed by atoms with Crippen molar-refractivity contribution in [1.29, 1.82) is 0 Å². The molecule has 10 nitrogen and oxygen atoms in total. The van der Waals surface area contributed by atoms with Gasteiger partial charge in [-0.25, -0.2) is 9.59 Å². The van der Waals surface area contributed by atoms with Crippen LogP contribution in [0.1, 0.15) is 0 Å². The van der Waals surface area contributed by atoms with Gasteiger partial charge in [0.15, 0.2) is 0 Å². The van der Waals surface area contributed by atoms with Crippen molar-refractivity contribution in [3.63, 3.8) is 0 Å².